The maximum Gasteiger partial charge on any atom is 0.331 e. The van der Waals surface area contributed by atoms with Crippen LogP contribution in [0.1, 0.15) is 26.3 Å². The van der Waals surface area contributed by atoms with E-state index in [1.165, 1.54) is 4.57 Å². The van der Waals surface area contributed by atoms with Crippen LogP contribution in [0.5, 0.6) is 5.88 Å². The molecule has 1 atom stereocenters. The van der Waals surface area contributed by atoms with Crippen LogP contribution in [0.2, 0.25) is 0 Å². The molecule has 0 amide bonds. The molecular weight excluding hydrogens is 324 g/mol. The second kappa shape index (κ2) is 5.66. The molecule has 1 heterocycles. The van der Waals surface area contributed by atoms with Crippen LogP contribution in [0, 0.1) is 0 Å². The first kappa shape index (κ1) is 14.6. The first-order valence-electron chi connectivity index (χ1n) is 6.29. The van der Waals surface area contributed by atoms with E-state index in [4.69, 9.17) is 0 Å². The van der Waals surface area contributed by atoms with Gasteiger partial charge >= 0.3 is 5.69 Å². The summed E-state index contributed by atoms with van der Waals surface area (Å²) in [6, 6.07) is 6.76. The van der Waals surface area contributed by atoms with Gasteiger partial charge in [-0.25, -0.2) is 4.79 Å². The summed E-state index contributed by atoms with van der Waals surface area (Å²) < 4.78 is 2.08. The molecule has 20 heavy (non-hydrogen) atoms. The van der Waals surface area contributed by atoms with E-state index in [9.17, 15) is 14.7 Å². The molecule has 1 aromatic heterocycles. The lowest BCUT2D eigenvalue weighted by molar-refractivity contribution is 0.369. The largest absolute Gasteiger partial charge is 0.494 e. The van der Waals surface area contributed by atoms with Gasteiger partial charge in [-0.05, 0) is 31.0 Å². The topological polar surface area (TPSA) is 75.1 Å². The van der Waals surface area contributed by atoms with E-state index in [2.05, 4.69) is 20.9 Å². The maximum absolute atomic E-state index is 12.0. The smallest absolute Gasteiger partial charge is 0.331 e. The molecule has 2 N–H and O–H groups in total. The highest BCUT2D eigenvalue weighted by atomic mass is 79.9. The predicted molar refractivity (Wildman–Crippen MR) is 81.1 cm³/mol. The van der Waals surface area contributed by atoms with Crippen molar-refractivity contribution in [3.8, 4) is 17.0 Å². The molecule has 0 fully saturated rings. The fraction of sp³-hybridized carbons (Fsp3) is 0.286. The standard InChI is InChI=1S/C14H15BrN2O3/c1-3-8(2)17-13(19)11(12(18)16-14(17)20)9-4-6-10(15)7-5-9/h4-8,19H,3H2,1-2H3,(H,16,18,20). The number of hydrogen-bond donors (Lipinski definition) is 2. The van der Waals surface area contributed by atoms with Crippen LogP contribution in [0.15, 0.2) is 38.3 Å². The molecule has 1 aromatic carbocycles. The van der Waals surface area contributed by atoms with E-state index in [0.29, 0.717) is 12.0 Å². The molecule has 0 saturated heterocycles. The summed E-state index contributed by atoms with van der Waals surface area (Å²) in [5, 5.41) is 10.3. The van der Waals surface area contributed by atoms with Crippen molar-refractivity contribution in [1.29, 1.82) is 0 Å². The van der Waals surface area contributed by atoms with Crippen molar-refractivity contribution in [2.75, 3.05) is 0 Å². The fourth-order valence-electron chi connectivity index (χ4n) is 2.01. The summed E-state index contributed by atoms with van der Waals surface area (Å²) in [5.41, 5.74) is -0.515. The van der Waals surface area contributed by atoms with Crippen LogP contribution in [0.4, 0.5) is 0 Å². The average molecular weight is 339 g/mol. The molecule has 106 valence electrons. The van der Waals surface area contributed by atoms with Gasteiger partial charge in [0.15, 0.2) is 0 Å². The minimum atomic E-state index is -0.595. The van der Waals surface area contributed by atoms with E-state index in [-0.39, 0.29) is 17.5 Å². The van der Waals surface area contributed by atoms with Crippen molar-refractivity contribution in [3.63, 3.8) is 0 Å². The molecule has 5 nitrogen and oxygen atoms in total. The van der Waals surface area contributed by atoms with Gasteiger partial charge in [0, 0.05) is 10.5 Å². The number of aromatic amines is 1. The summed E-state index contributed by atoms with van der Waals surface area (Å²) in [4.78, 5) is 26.1. The minimum absolute atomic E-state index is 0.109. The molecule has 0 saturated carbocycles. The second-order valence-corrected chi connectivity index (χ2v) is 5.51. The number of benzene rings is 1. The highest BCUT2D eigenvalue weighted by Crippen LogP contribution is 2.27. The van der Waals surface area contributed by atoms with E-state index >= 15 is 0 Å². The summed E-state index contributed by atoms with van der Waals surface area (Å²) in [6.07, 6.45) is 0.666. The van der Waals surface area contributed by atoms with Gasteiger partial charge in [-0.15, -0.1) is 0 Å². The highest BCUT2D eigenvalue weighted by Gasteiger charge is 2.18. The summed E-state index contributed by atoms with van der Waals surface area (Å²) in [5.74, 6) is -0.296. The summed E-state index contributed by atoms with van der Waals surface area (Å²) >= 11 is 3.31. The number of aromatic nitrogens is 2. The van der Waals surface area contributed by atoms with Gasteiger partial charge in [0.25, 0.3) is 5.56 Å². The Morgan fingerprint density at radius 3 is 2.45 bits per heavy atom. The number of halogens is 1. The lowest BCUT2D eigenvalue weighted by Crippen LogP contribution is -2.32. The van der Waals surface area contributed by atoms with Crippen LogP contribution < -0.4 is 11.2 Å². The van der Waals surface area contributed by atoms with Gasteiger partial charge in [0.05, 0.1) is 0 Å². The van der Waals surface area contributed by atoms with E-state index in [0.717, 1.165) is 4.47 Å². The third kappa shape index (κ3) is 2.56. The second-order valence-electron chi connectivity index (χ2n) is 4.59. The van der Waals surface area contributed by atoms with Crippen molar-refractivity contribution in [2.45, 2.75) is 26.3 Å². The quantitative estimate of drug-likeness (QED) is 0.903. The Bertz CT molecular complexity index is 732. The third-order valence-corrected chi connectivity index (χ3v) is 3.81. The van der Waals surface area contributed by atoms with Gasteiger partial charge in [-0.1, -0.05) is 35.0 Å². The normalized spacial score (nSPS) is 12.3. The third-order valence-electron chi connectivity index (χ3n) is 3.28. The maximum atomic E-state index is 12.0. The molecule has 1 unspecified atom stereocenters. The van der Waals surface area contributed by atoms with E-state index in [1.54, 1.807) is 24.3 Å². The van der Waals surface area contributed by atoms with Gasteiger partial charge in [-0.3, -0.25) is 14.3 Å². The van der Waals surface area contributed by atoms with Gasteiger partial charge < -0.3 is 5.11 Å². The Kier molecular flexibility index (Phi) is 4.13. The Morgan fingerprint density at radius 1 is 1.30 bits per heavy atom. The zero-order chi connectivity index (χ0) is 14.9. The molecule has 0 radical (unpaired) electrons. The number of aromatic hydroxyl groups is 1. The fourth-order valence-corrected chi connectivity index (χ4v) is 2.27. The number of H-pyrrole nitrogens is 1. The molecule has 0 aliphatic carbocycles. The van der Waals surface area contributed by atoms with E-state index in [1.807, 2.05) is 13.8 Å². The minimum Gasteiger partial charge on any atom is -0.494 e. The Hall–Kier alpha value is -1.82. The zero-order valence-electron chi connectivity index (χ0n) is 11.2. The molecule has 0 aliphatic rings. The zero-order valence-corrected chi connectivity index (χ0v) is 12.8. The lowest BCUT2D eigenvalue weighted by atomic mass is 10.1. The monoisotopic (exact) mass is 338 g/mol. The van der Waals surface area contributed by atoms with Crippen LogP contribution in [0.3, 0.4) is 0 Å². The van der Waals surface area contributed by atoms with Crippen molar-refractivity contribution in [3.05, 3.63) is 49.6 Å². The summed E-state index contributed by atoms with van der Waals surface area (Å²) in [7, 11) is 0. The molecule has 2 rings (SSSR count). The van der Waals surface area contributed by atoms with Crippen molar-refractivity contribution < 1.29 is 5.11 Å². The Balaban J connectivity index is 2.74. The Labute approximate surface area is 124 Å². The highest BCUT2D eigenvalue weighted by molar-refractivity contribution is 9.10. The number of rotatable bonds is 3. The van der Waals surface area contributed by atoms with Crippen LogP contribution in [-0.2, 0) is 0 Å². The molecule has 2 aromatic rings. The van der Waals surface area contributed by atoms with Crippen molar-refractivity contribution in [1.82, 2.24) is 9.55 Å². The van der Waals surface area contributed by atoms with Crippen molar-refractivity contribution in [2.24, 2.45) is 0 Å². The molecule has 0 bridgehead atoms. The molecule has 0 aliphatic heterocycles. The first-order valence-corrected chi connectivity index (χ1v) is 7.08. The van der Waals surface area contributed by atoms with Crippen molar-refractivity contribution >= 4 is 15.9 Å². The van der Waals surface area contributed by atoms with Crippen LogP contribution in [-0.4, -0.2) is 14.7 Å². The molecule has 6 heteroatoms. The average Bonchev–Trinajstić information content (AvgIpc) is 2.40. The predicted octanol–water partition coefficient (Wildman–Crippen LogP) is 2.64. The van der Waals surface area contributed by atoms with Gasteiger partial charge in [0.2, 0.25) is 5.88 Å². The lowest BCUT2D eigenvalue weighted by Gasteiger charge is -2.16. The van der Waals surface area contributed by atoms with Crippen LogP contribution in [0.25, 0.3) is 11.1 Å². The number of hydrogen-bond acceptors (Lipinski definition) is 3. The van der Waals surface area contributed by atoms with E-state index < -0.39 is 11.2 Å². The first-order chi connectivity index (χ1) is 9.45. The van der Waals surface area contributed by atoms with Gasteiger partial charge in [0.1, 0.15) is 5.56 Å². The van der Waals surface area contributed by atoms with Gasteiger partial charge in [-0.2, -0.15) is 0 Å². The SMILES string of the molecule is CCC(C)n1c(O)c(-c2ccc(Br)cc2)c(=O)[nH]c1=O. The molecule has 0 spiro atoms. The van der Waals surface area contributed by atoms with Crippen LogP contribution >= 0.6 is 15.9 Å². The summed E-state index contributed by atoms with van der Waals surface area (Å²) in [6.45, 7) is 3.71. The number of nitrogens with one attached hydrogen (secondary N) is 1. The number of nitrogens with zero attached hydrogens (tertiary/aromatic N) is 1. The molecular formula is C14H15BrN2O3. The Morgan fingerprint density at radius 2 is 1.90 bits per heavy atom.